The van der Waals surface area contributed by atoms with Gasteiger partial charge in [-0.3, -0.25) is 14.5 Å². The highest BCUT2D eigenvalue weighted by molar-refractivity contribution is 6.30. The van der Waals surface area contributed by atoms with Crippen LogP contribution < -0.4 is 19.7 Å². The molecule has 0 aliphatic carbocycles. The van der Waals surface area contributed by atoms with E-state index in [9.17, 15) is 14.7 Å². The van der Waals surface area contributed by atoms with E-state index in [2.05, 4.69) is 10.2 Å². The SMILES string of the molecule is CCc1cc(Cl)cc(CC)c1NC(=O)CN1C[C@H](c2ccc3c(c2)OCCO3)C(C(=O)O)[C@@H]1c1ccc(N2CCOCC2)cc1. The van der Waals surface area contributed by atoms with Gasteiger partial charge < -0.3 is 29.5 Å². The number of benzene rings is 3. The molecule has 3 atom stereocenters. The molecular formula is C35H40ClN3O6. The Morgan fingerprint density at radius 2 is 1.53 bits per heavy atom. The van der Waals surface area contributed by atoms with Crippen LogP contribution in [-0.2, 0) is 27.2 Å². The minimum absolute atomic E-state index is 0.0373. The van der Waals surface area contributed by atoms with E-state index in [1.165, 1.54) is 0 Å². The monoisotopic (exact) mass is 633 g/mol. The number of morpholine rings is 1. The number of likely N-dealkylation sites (tertiary alicyclic amines) is 1. The first kappa shape index (κ1) is 31.2. The predicted molar refractivity (Wildman–Crippen MR) is 174 cm³/mol. The van der Waals surface area contributed by atoms with Crippen LogP contribution in [0.15, 0.2) is 54.6 Å². The van der Waals surface area contributed by atoms with Crippen molar-refractivity contribution in [1.29, 1.82) is 0 Å². The van der Waals surface area contributed by atoms with Gasteiger partial charge in [-0.15, -0.1) is 0 Å². The van der Waals surface area contributed by atoms with Gasteiger partial charge in [0.05, 0.1) is 25.7 Å². The van der Waals surface area contributed by atoms with Gasteiger partial charge in [0.1, 0.15) is 13.2 Å². The maximum absolute atomic E-state index is 13.8. The fourth-order valence-corrected chi connectivity index (χ4v) is 7.19. The van der Waals surface area contributed by atoms with Crippen LogP contribution in [0.25, 0.3) is 0 Å². The van der Waals surface area contributed by atoms with E-state index in [1.54, 1.807) is 0 Å². The maximum atomic E-state index is 13.8. The van der Waals surface area contributed by atoms with Crippen LogP contribution in [0.5, 0.6) is 11.5 Å². The summed E-state index contributed by atoms with van der Waals surface area (Å²) in [6, 6.07) is 17.0. The van der Waals surface area contributed by atoms with Gasteiger partial charge in [-0.1, -0.05) is 43.6 Å². The van der Waals surface area contributed by atoms with Crippen LogP contribution >= 0.6 is 11.6 Å². The van der Waals surface area contributed by atoms with Crippen molar-refractivity contribution >= 4 is 34.9 Å². The summed E-state index contributed by atoms with van der Waals surface area (Å²) in [6.07, 6.45) is 1.44. The second-order valence-corrected chi connectivity index (χ2v) is 12.2. The van der Waals surface area contributed by atoms with Gasteiger partial charge in [-0.25, -0.2) is 0 Å². The van der Waals surface area contributed by atoms with E-state index in [0.717, 1.165) is 59.6 Å². The summed E-state index contributed by atoms with van der Waals surface area (Å²) < 4.78 is 17.1. The number of carboxylic acids is 1. The van der Waals surface area contributed by atoms with Crippen LogP contribution in [0, 0.1) is 5.92 Å². The van der Waals surface area contributed by atoms with Gasteiger partial charge in [0.15, 0.2) is 11.5 Å². The molecule has 2 saturated heterocycles. The highest BCUT2D eigenvalue weighted by atomic mass is 35.5. The van der Waals surface area contributed by atoms with Crippen LogP contribution in [0.3, 0.4) is 0 Å². The number of aliphatic carboxylic acids is 1. The van der Waals surface area contributed by atoms with Crippen molar-refractivity contribution in [3.05, 3.63) is 81.9 Å². The van der Waals surface area contributed by atoms with E-state index in [0.29, 0.717) is 49.5 Å². The lowest BCUT2D eigenvalue weighted by molar-refractivity contribution is -0.143. The number of carboxylic acid groups (broad SMARTS) is 1. The van der Waals surface area contributed by atoms with Crippen molar-refractivity contribution in [2.75, 3.05) is 62.8 Å². The molecule has 9 nitrogen and oxygen atoms in total. The normalized spacial score (nSPS) is 21.5. The molecule has 3 aliphatic heterocycles. The third-order valence-corrected chi connectivity index (χ3v) is 9.35. The van der Waals surface area contributed by atoms with E-state index >= 15 is 0 Å². The third kappa shape index (κ3) is 6.61. The number of anilines is 2. The molecule has 0 aromatic heterocycles. The summed E-state index contributed by atoms with van der Waals surface area (Å²) in [4.78, 5) is 31.1. The van der Waals surface area contributed by atoms with Crippen LogP contribution in [0.1, 0.15) is 48.1 Å². The largest absolute Gasteiger partial charge is 0.486 e. The number of amides is 1. The van der Waals surface area contributed by atoms with E-state index in [1.807, 2.05) is 73.3 Å². The second-order valence-electron chi connectivity index (χ2n) is 11.8. The molecule has 45 heavy (non-hydrogen) atoms. The molecule has 3 heterocycles. The summed E-state index contributed by atoms with van der Waals surface area (Å²) in [5, 5.41) is 14.5. The summed E-state index contributed by atoms with van der Waals surface area (Å²) in [5.74, 6) is -0.983. The molecule has 0 spiro atoms. The van der Waals surface area contributed by atoms with Crippen LogP contribution in [0.2, 0.25) is 5.02 Å². The van der Waals surface area contributed by atoms with Crippen LogP contribution in [-0.4, -0.2) is 74.5 Å². The molecule has 3 aromatic carbocycles. The third-order valence-electron chi connectivity index (χ3n) is 9.13. The average Bonchev–Trinajstić information content (AvgIpc) is 3.44. The van der Waals surface area contributed by atoms with E-state index in [-0.39, 0.29) is 18.4 Å². The van der Waals surface area contributed by atoms with Crippen molar-refractivity contribution in [3.63, 3.8) is 0 Å². The average molecular weight is 634 g/mol. The molecule has 1 unspecified atom stereocenters. The first-order valence-electron chi connectivity index (χ1n) is 15.8. The summed E-state index contributed by atoms with van der Waals surface area (Å²) in [5.41, 5.74) is 5.52. The zero-order valence-corrected chi connectivity index (χ0v) is 26.5. The quantitative estimate of drug-likeness (QED) is 0.316. The maximum Gasteiger partial charge on any atom is 0.309 e. The number of nitrogens with one attached hydrogen (secondary N) is 1. The number of hydrogen-bond acceptors (Lipinski definition) is 7. The van der Waals surface area contributed by atoms with Crippen molar-refractivity contribution < 1.29 is 28.9 Å². The zero-order valence-electron chi connectivity index (χ0n) is 25.8. The molecule has 6 rings (SSSR count). The molecule has 2 N–H and O–H groups in total. The number of carbonyl (C=O) groups is 2. The number of hydrogen-bond donors (Lipinski definition) is 2. The minimum Gasteiger partial charge on any atom is -0.486 e. The Hall–Kier alpha value is -3.79. The Balaban J connectivity index is 1.33. The summed E-state index contributed by atoms with van der Waals surface area (Å²) in [6.45, 7) is 8.39. The first-order chi connectivity index (χ1) is 21.9. The standard InChI is InChI=1S/C35H40ClN3O6/c1-3-22-17-26(36)18-23(4-2)33(22)37-31(40)21-39-20-28(25-7-10-29-30(19-25)45-16-15-44-29)32(35(41)42)34(39)24-5-8-27(9-6-24)38-11-13-43-14-12-38/h5-10,17-19,28,32,34H,3-4,11-16,20-21H2,1-2H3,(H,37,40)(H,41,42)/t28-,32?,34+/m1/s1. The fraction of sp³-hybridized carbons (Fsp3) is 0.429. The molecular weight excluding hydrogens is 594 g/mol. The Morgan fingerprint density at radius 3 is 2.18 bits per heavy atom. The topological polar surface area (TPSA) is 101 Å². The van der Waals surface area contributed by atoms with Crippen molar-refractivity contribution in [1.82, 2.24) is 4.90 Å². The summed E-state index contributed by atoms with van der Waals surface area (Å²) >= 11 is 6.36. The molecule has 0 radical (unpaired) electrons. The molecule has 3 aromatic rings. The van der Waals surface area contributed by atoms with Crippen molar-refractivity contribution in [2.24, 2.45) is 5.92 Å². The fourth-order valence-electron chi connectivity index (χ4n) is 6.93. The van der Waals surface area contributed by atoms with Crippen LogP contribution in [0.4, 0.5) is 11.4 Å². The molecule has 10 heteroatoms. The Kier molecular flexibility index (Phi) is 9.49. The number of carbonyl (C=O) groups excluding carboxylic acids is 1. The number of fused-ring (bicyclic) bond motifs is 1. The summed E-state index contributed by atoms with van der Waals surface area (Å²) in [7, 11) is 0. The van der Waals surface area contributed by atoms with Gasteiger partial charge in [0.25, 0.3) is 0 Å². The van der Waals surface area contributed by atoms with Gasteiger partial charge >= 0.3 is 5.97 Å². The van der Waals surface area contributed by atoms with Crippen molar-refractivity contribution in [2.45, 2.75) is 38.6 Å². The Morgan fingerprint density at radius 1 is 0.889 bits per heavy atom. The van der Waals surface area contributed by atoms with Gasteiger partial charge in [-0.05, 0) is 71.5 Å². The highest BCUT2D eigenvalue weighted by Gasteiger charge is 2.48. The molecule has 3 aliphatic rings. The first-order valence-corrected chi connectivity index (χ1v) is 16.1. The molecule has 0 saturated carbocycles. The zero-order chi connectivity index (χ0) is 31.5. The lowest BCUT2D eigenvalue weighted by Gasteiger charge is -2.30. The van der Waals surface area contributed by atoms with Gasteiger partial charge in [0.2, 0.25) is 5.91 Å². The molecule has 2 fully saturated rings. The Labute approximate surface area is 269 Å². The minimum atomic E-state index is -0.903. The number of nitrogens with zero attached hydrogens (tertiary/aromatic N) is 2. The molecule has 1 amide bonds. The number of halogens is 1. The number of rotatable bonds is 9. The number of aryl methyl sites for hydroxylation is 2. The lowest BCUT2D eigenvalue weighted by Crippen LogP contribution is -2.36. The van der Waals surface area contributed by atoms with E-state index in [4.69, 9.17) is 25.8 Å². The second kappa shape index (κ2) is 13.7. The number of ether oxygens (including phenoxy) is 3. The Bertz CT molecular complexity index is 1520. The van der Waals surface area contributed by atoms with Gasteiger partial charge in [0, 0.05) is 48.0 Å². The highest BCUT2D eigenvalue weighted by Crippen LogP contribution is 2.47. The van der Waals surface area contributed by atoms with Crippen molar-refractivity contribution in [3.8, 4) is 11.5 Å². The molecule has 238 valence electrons. The lowest BCUT2D eigenvalue weighted by atomic mass is 9.82. The smallest absolute Gasteiger partial charge is 0.309 e. The molecule has 0 bridgehead atoms. The van der Waals surface area contributed by atoms with Gasteiger partial charge in [-0.2, -0.15) is 0 Å². The van der Waals surface area contributed by atoms with E-state index < -0.39 is 17.9 Å². The predicted octanol–water partition coefficient (Wildman–Crippen LogP) is 5.55.